The van der Waals surface area contributed by atoms with Gasteiger partial charge in [-0.15, -0.1) is 0 Å². The Morgan fingerprint density at radius 1 is 1.43 bits per heavy atom. The summed E-state index contributed by atoms with van der Waals surface area (Å²) < 4.78 is 10.7. The van der Waals surface area contributed by atoms with Gasteiger partial charge in [0.25, 0.3) is 0 Å². The van der Waals surface area contributed by atoms with Crippen molar-refractivity contribution in [2.24, 2.45) is 5.92 Å². The van der Waals surface area contributed by atoms with E-state index in [1.165, 1.54) is 0 Å². The number of unbranched alkanes of at least 4 members (excludes halogenated alkanes) is 1. The van der Waals surface area contributed by atoms with E-state index in [1.807, 2.05) is 26.8 Å². The molecule has 1 aliphatic heterocycles. The third-order valence-electron chi connectivity index (χ3n) is 3.64. The first-order chi connectivity index (χ1) is 9.88. The standard InChI is InChI=1S/C17H30O4/c1-12(2)20-17(19)8-6-5-7-13(3)11-15(18)16-10-9-14(4)21-16/h10,12-15,18H,5-9,11H2,1-4H3. The zero-order valence-electron chi connectivity index (χ0n) is 13.8. The third kappa shape index (κ3) is 7.51. The molecule has 3 atom stereocenters. The Labute approximate surface area is 128 Å². The fourth-order valence-corrected chi connectivity index (χ4v) is 2.52. The topological polar surface area (TPSA) is 55.8 Å². The molecule has 1 rings (SSSR count). The maximum absolute atomic E-state index is 11.4. The van der Waals surface area contributed by atoms with E-state index >= 15 is 0 Å². The molecular formula is C17H30O4. The van der Waals surface area contributed by atoms with Crippen LogP contribution in [0.25, 0.3) is 0 Å². The van der Waals surface area contributed by atoms with E-state index in [-0.39, 0.29) is 18.2 Å². The number of esters is 1. The highest BCUT2D eigenvalue weighted by Gasteiger charge is 2.22. The molecule has 0 amide bonds. The minimum atomic E-state index is -0.490. The molecule has 4 nitrogen and oxygen atoms in total. The molecule has 122 valence electrons. The summed E-state index contributed by atoms with van der Waals surface area (Å²) in [6, 6.07) is 0. The number of hydrogen-bond donors (Lipinski definition) is 1. The van der Waals surface area contributed by atoms with Crippen LogP contribution in [0.1, 0.15) is 66.2 Å². The second-order valence-electron chi connectivity index (χ2n) is 6.41. The second-order valence-corrected chi connectivity index (χ2v) is 6.41. The molecule has 0 spiro atoms. The SMILES string of the molecule is CC(CCCCC(=O)OC(C)C)CC(O)C1=CCC(C)O1. The van der Waals surface area contributed by atoms with Crippen LogP contribution in [0.4, 0.5) is 0 Å². The number of aliphatic hydroxyl groups is 1. The Morgan fingerprint density at radius 2 is 2.14 bits per heavy atom. The minimum Gasteiger partial charge on any atom is -0.492 e. The number of aliphatic hydroxyl groups excluding tert-OH is 1. The highest BCUT2D eigenvalue weighted by atomic mass is 16.5. The first-order valence-electron chi connectivity index (χ1n) is 8.12. The van der Waals surface area contributed by atoms with Crippen LogP contribution in [0.15, 0.2) is 11.8 Å². The van der Waals surface area contributed by atoms with Crippen molar-refractivity contribution in [3.63, 3.8) is 0 Å². The molecular weight excluding hydrogens is 268 g/mol. The molecule has 3 unspecified atom stereocenters. The van der Waals surface area contributed by atoms with Gasteiger partial charge in [0, 0.05) is 12.8 Å². The van der Waals surface area contributed by atoms with E-state index in [0.29, 0.717) is 12.3 Å². The number of rotatable bonds is 9. The highest BCUT2D eigenvalue weighted by molar-refractivity contribution is 5.69. The molecule has 0 aromatic heterocycles. The summed E-state index contributed by atoms with van der Waals surface area (Å²) in [5.41, 5.74) is 0. The summed E-state index contributed by atoms with van der Waals surface area (Å²) in [5, 5.41) is 10.1. The molecule has 21 heavy (non-hydrogen) atoms. The summed E-state index contributed by atoms with van der Waals surface area (Å²) in [4.78, 5) is 11.4. The zero-order valence-corrected chi connectivity index (χ0v) is 13.8. The molecule has 0 radical (unpaired) electrons. The van der Waals surface area contributed by atoms with E-state index < -0.39 is 6.10 Å². The third-order valence-corrected chi connectivity index (χ3v) is 3.64. The van der Waals surface area contributed by atoms with Crippen molar-refractivity contribution in [1.82, 2.24) is 0 Å². The van der Waals surface area contributed by atoms with Gasteiger partial charge in [-0.3, -0.25) is 4.79 Å². The van der Waals surface area contributed by atoms with Crippen molar-refractivity contribution >= 4 is 5.97 Å². The lowest BCUT2D eigenvalue weighted by Crippen LogP contribution is -2.16. The molecule has 0 bridgehead atoms. The smallest absolute Gasteiger partial charge is 0.306 e. The molecule has 0 aromatic rings. The first kappa shape index (κ1) is 18.0. The Hall–Kier alpha value is -1.03. The predicted octanol–water partition coefficient (Wildman–Crippen LogP) is 3.58. The van der Waals surface area contributed by atoms with Crippen molar-refractivity contribution in [1.29, 1.82) is 0 Å². The van der Waals surface area contributed by atoms with Crippen molar-refractivity contribution in [2.75, 3.05) is 0 Å². The van der Waals surface area contributed by atoms with Gasteiger partial charge in [0.05, 0.1) is 12.2 Å². The molecule has 0 fully saturated rings. The summed E-state index contributed by atoms with van der Waals surface area (Å²) in [6.07, 6.45) is 6.59. The van der Waals surface area contributed by atoms with Gasteiger partial charge < -0.3 is 14.6 Å². The van der Waals surface area contributed by atoms with Crippen molar-refractivity contribution < 1.29 is 19.4 Å². The van der Waals surface area contributed by atoms with Crippen LogP contribution in [-0.4, -0.2) is 29.4 Å². The van der Waals surface area contributed by atoms with Gasteiger partial charge in [-0.05, 0) is 45.6 Å². The first-order valence-corrected chi connectivity index (χ1v) is 8.12. The Kier molecular flexibility index (Phi) is 7.79. The lowest BCUT2D eigenvalue weighted by Gasteiger charge is -2.18. The summed E-state index contributed by atoms with van der Waals surface area (Å²) in [6.45, 7) is 7.87. The average molecular weight is 298 g/mol. The molecule has 0 aromatic carbocycles. The van der Waals surface area contributed by atoms with Crippen LogP contribution in [0.2, 0.25) is 0 Å². The maximum Gasteiger partial charge on any atom is 0.306 e. The van der Waals surface area contributed by atoms with Gasteiger partial charge in [0.15, 0.2) is 0 Å². The molecule has 1 heterocycles. The molecule has 1 N–H and O–H groups in total. The second kappa shape index (κ2) is 9.08. The lowest BCUT2D eigenvalue weighted by molar-refractivity contribution is -0.147. The Balaban J connectivity index is 2.11. The van der Waals surface area contributed by atoms with Crippen LogP contribution < -0.4 is 0 Å². The number of carbonyl (C=O) groups excluding carboxylic acids is 1. The minimum absolute atomic E-state index is 0.0337. The van der Waals surface area contributed by atoms with Gasteiger partial charge in [-0.1, -0.05) is 19.8 Å². The van der Waals surface area contributed by atoms with Gasteiger partial charge in [-0.25, -0.2) is 0 Å². The van der Waals surface area contributed by atoms with Gasteiger partial charge in [0.1, 0.15) is 11.9 Å². The molecule has 0 aliphatic carbocycles. The Morgan fingerprint density at radius 3 is 2.71 bits per heavy atom. The van der Waals surface area contributed by atoms with Crippen LogP contribution in [0, 0.1) is 5.92 Å². The molecule has 0 saturated heterocycles. The Bertz CT molecular complexity index is 349. The van der Waals surface area contributed by atoms with Crippen LogP contribution >= 0.6 is 0 Å². The van der Waals surface area contributed by atoms with Crippen molar-refractivity contribution in [3.05, 3.63) is 11.8 Å². The quantitative estimate of drug-likeness (QED) is 0.522. The van der Waals surface area contributed by atoms with Crippen LogP contribution in [-0.2, 0) is 14.3 Å². The van der Waals surface area contributed by atoms with Gasteiger partial charge in [0.2, 0.25) is 0 Å². The monoisotopic (exact) mass is 298 g/mol. The largest absolute Gasteiger partial charge is 0.492 e. The van der Waals surface area contributed by atoms with E-state index in [1.54, 1.807) is 0 Å². The van der Waals surface area contributed by atoms with E-state index in [2.05, 4.69) is 6.92 Å². The van der Waals surface area contributed by atoms with Crippen LogP contribution in [0.3, 0.4) is 0 Å². The van der Waals surface area contributed by atoms with E-state index in [4.69, 9.17) is 9.47 Å². The van der Waals surface area contributed by atoms with Gasteiger partial charge in [-0.2, -0.15) is 0 Å². The number of ether oxygens (including phenoxy) is 2. The number of carbonyl (C=O) groups is 1. The van der Waals surface area contributed by atoms with E-state index in [9.17, 15) is 9.90 Å². The van der Waals surface area contributed by atoms with Crippen LogP contribution in [0.5, 0.6) is 0 Å². The summed E-state index contributed by atoms with van der Waals surface area (Å²) in [5.74, 6) is 1.03. The molecule has 1 aliphatic rings. The fourth-order valence-electron chi connectivity index (χ4n) is 2.52. The maximum atomic E-state index is 11.4. The zero-order chi connectivity index (χ0) is 15.8. The lowest BCUT2D eigenvalue weighted by atomic mass is 9.96. The predicted molar refractivity (Wildman–Crippen MR) is 82.7 cm³/mol. The summed E-state index contributed by atoms with van der Waals surface area (Å²) in [7, 11) is 0. The molecule has 0 saturated carbocycles. The van der Waals surface area contributed by atoms with Crippen molar-refractivity contribution in [2.45, 2.75) is 84.5 Å². The highest BCUT2D eigenvalue weighted by Crippen LogP contribution is 2.25. The summed E-state index contributed by atoms with van der Waals surface area (Å²) >= 11 is 0. The number of hydrogen-bond acceptors (Lipinski definition) is 4. The normalized spacial score (nSPS) is 20.9. The molecule has 4 heteroatoms. The van der Waals surface area contributed by atoms with Gasteiger partial charge >= 0.3 is 5.97 Å². The van der Waals surface area contributed by atoms with Crippen molar-refractivity contribution in [3.8, 4) is 0 Å². The average Bonchev–Trinajstić information content (AvgIpc) is 2.80. The fraction of sp³-hybridized carbons (Fsp3) is 0.824. The van der Waals surface area contributed by atoms with E-state index in [0.717, 1.165) is 37.9 Å².